The van der Waals surface area contributed by atoms with E-state index in [-0.39, 0.29) is 4.44 Å². The van der Waals surface area contributed by atoms with Crippen LogP contribution >= 0.6 is 0 Å². The molecule has 0 aromatic rings. The van der Waals surface area contributed by atoms with Crippen LogP contribution < -0.4 is 0 Å². The van der Waals surface area contributed by atoms with Crippen LogP contribution in [0.5, 0.6) is 0 Å². The van der Waals surface area contributed by atoms with Gasteiger partial charge in [0.05, 0.1) is 0 Å². The average Bonchev–Trinajstić information content (AvgIpc) is 2.86. The number of hydrogen-bond donors (Lipinski definition) is 0. The van der Waals surface area contributed by atoms with E-state index < -0.39 is 55.4 Å². The number of esters is 3. The molecule has 12 nitrogen and oxygen atoms in total. The molecule has 0 aromatic heterocycles. The fourth-order valence-corrected chi connectivity index (χ4v) is 8.90. The minimum atomic E-state index is -5.42. The van der Waals surface area contributed by atoms with Gasteiger partial charge in [-0.2, -0.15) is 0 Å². The van der Waals surface area contributed by atoms with Gasteiger partial charge in [0, 0.05) is 0 Å². The van der Waals surface area contributed by atoms with Crippen LogP contribution in [0.4, 0.5) is 0 Å². The van der Waals surface area contributed by atoms with Crippen molar-refractivity contribution in [3.63, 3.8) is 0 Å². The monoisotopic (exact) mass is 620 g/mol. The first-order valence-corrected chi connectivity index (χ1v) is 16.6. The Labute approximate surface area is 215 Å². The van der Waals surface area contributed by atoms with Crippen molar-refractivity contribution in [2.45, 2.75) is 49.9 Å². The van der Waals surface area contributed by atoms with Gasteiger partial charge in [0.2, 0.25) is 0 Å². The fraction of sp³-hybridized carbons (Fsp3) is 0.478. The zero-order valence-corrected chi connectivity index (χ0v) is 23.7. The average molecular weight is 619 g/mol. The summed E-state index contributed by atoms with van der Waals surface area (Å²) in [5.74, 6) is -5.89. The first-order valence-electron chi connectivity index (χ1n) is 11.1. The van der Waals surface area contributed by atoms with Gasteiger partial charge in [-0.15, -0.1) is 0 Å². The summed E-state index contributed by atoms with van der Waals surface area (Å²) in [6.45, 7) is 2.06. The fourth-order valence-electron chi connectivity index (χ4n) is 2.51. The van der Waals surface area contributed by atoms with Crippen molar-refractivity contribution < 1.29 is 52.2 Å². The summed E-state index contributed by atoms with van der Waals surface area (Å²) in [5, 5.41) is 0. The van der Waals surface area contributed by atoms with Crippen LogP contribution in [-0.2, 0) is 52.2 Å². The predicted octanol–water partition coefficient (Wildman–Crippen LogP) is 2.10. The van der Waals surface area contributed by atoms with Gasteiger partial charge in [-0.05, 0) is 0 Å². The third-order valence-electron chi connectivity index (χ3n) is 4.27. The predicted molar refractivity (Wildman–Crippen MR) is 126 cm³/mol. The van der Waals surface area contributed by atoms with E-state index in [1.165, 1.54) is 0 Å². The van der Waals surface area contributed by atoms with Gasteiger partial charge < -0.3 is 0 Å². The molecule has 36 heavy (non-hydrogen) atoms. The number of unbranched alkanes of at least 4 members (excludes halogenated alkanes) is 5. The summed E-state index contributed by atoms with van der Waals surface area (Å²) in [6, 6.07) is 0. The molecule has 0 N–H and O–H groups in total. The Bertz CT molecular complexity index is 761. The van der Waals surface area contributed by atoms with Crippen LogP contribution in [0.2, 0.25) is 4.44 Å². The Hall–Kier alpha value is -3.16. The molecule has 0 saturated heterocycles. The molecule has 0 bridgehead atoms. The molecule has 0 aromatic carbocycles. The molecule has 0 rings (SSSR count). The number of rotatable bonds is 16. The van der Waals surface area contributed by atoms with E-state index in [2.05, 4.69) is 21.1 Å². The Morgan fingerprint density at radius 3 is 1.14 bits per heavy atom. The van der Waals surface area contributed by atoms with Gasteiger partial charge in [-0.25, -0.2) is 0 Å². The number of ether oxygens (including phenoxy) is 3. The van der Waals surface area contributed by atoms with Crippen LogP contribution in [0.3, 0.4) is 0 Å². The zero-order valence-electron chi connectivity index (χ0n) is 20.8. The maximum atomic E-state index is 12.4. The van der Waals surface area contributed by atoms with E-state index in [9.17, 15) is 28.8 Å². The Morgan fingerprint density at radius 1 is 0.500 bits per heavy atom. The van der Waals surface area contributed by atoms with Gasteiger partial charge in [0.1, 0.15) is 0 Å². The molecule has 13 heteroatoms. The van der Waals surface area contributed by atoms with Crippen LogP contribution in [0.1, 0.15) is 45.4 Å². The van der Waals surface area contributed by atoms with Gasteiger partial charge in [0.15, 0.2) is 0 Å². The minimum absolute atomic E-state index is 0.0752. The molecule has 0 aliphatic carbocycles. The molecule has 200 valence electrons. The molecule has 0 aliphatic heterocycles. The van der Waals surface area contributed by atoms with Crippen LogP contribution in [0.15, 0.2) is 36.5 Å². The van der Waals surface area contributed by atoms with E-state index >= 15 is 0 Å². The Morgan fingerprint density at radius 2 is 0.806 bits per heavy atom. The second-order valence-electron chi connectivity index (χ2n) is 7.03. The Kier molecular flexibility index (Phi) is 17.4. The molecule has 0 radical (unpaired) electrons. The van der Waals surface area contributed by atoms with Crippen LogP contribution in [-0.4, -0.2) is 76.8 Å². The number of carbonyl (C=O) groups excluding carboxylic acids is 6. The SMILES string of the molecule is CCCCCCC[CH2][Sn]([O]C(=O)C=CC(=O)OC)([O]C(=O)C=CC(=O)OC)[O]C(=O)C=CC(=O)OC. The van der Waals surface area contributed by atoms with Crippen molar-refractivity contribution in [2.24, 2.45) is 0 Å². The normalized spacial score (nSPS) is 12.7. The van der Waals surface area contributed by atoms with Gasteiger partial charge in [0.25, 0.3) is 0 Å². The van der Waals surface area contributed by atoms with Crippen molar-refractivity contribution in [1.29, 1.82) is 0 Å². The Balaban J connectivity index is 5.97. The molecule has 0 unspecified atom stereocenters. The van der Waals surface area contributed by atoms with Crippen molar-refractivity contribution in [3.8, 4) is 0 Å². The van der Waals surface area contributed by atoms with Crippen molar-refractivity contribution >= 4 is 55.4 Å². The number of methoxy groups -OCH3 is 3. The first-order chi connectivity index (χ1) is 17.1. The molecule has 0 amide bonds. The van der Waals surface area contributed by atoms with Crippen LogP contribution in [0, 0.1) is 0 Å². The first kappa shape index (κ1) is 32.8. The molecule has 0 saturated carbocycles. The van der Waals surface area contributed by atoms with Gasteiger partial charge >= 0.3 is 215 Å². The van der Waals surface area contributed by atoms with Crippen LogP contribution in [0.25, 0.3) is 0 Å². The van der Waals surface area contributed by atoms with E-state index in [1.807, 2.05) is 0 Å². The van der Waals surface area contributed by atoms with Crippen molar-refractivity contribution in [3.05, 3.63) is 36.5 Å². The summed E-state index contributed by atoms with van der Waals surface area (Å²) >= 11 is -5.42. The molecule has 0 spiro atoms. The third-order valence-corrected chi connectivity index (χ3v) is 11.4. The number of hydrogen-bond acceptors (Lipinski definition) is 12. The van der Waals surface area contributed by atoms with Gasteiger partial charge in [-0.3, -0.25) is 0 Å². The third kappa shape index (κ3) is 15.7. The summed E-state index contributed by atoms with van der Waals surface area (Å²) in [6.07, 6.45) is 9.45. The summed E-state index contributed by atoms with van der Waals surface area (Å²) in [5.41, 5.74) is 0. The zero-order chi connectivity index (χ0) is 27.4. The molecule has 0 heterocycles. The summed E-state index contributed by atoms with van der Waals surface area (Å²) in [7, 11) is 3.31. The molecular weight excluding hydrogens is 587 g/mol. The standard InChI is InChI=1S/C8H17.3C5H6O4.Sn/c1-3-5-7-8-6-4-2;3*1-9-5(8)3-2-4(6)7;/h1,3-8H2,2H3;3*2-3H,1H3,(H,6,7);/q;;;;+3/p-3. The maximum absolute atomic E-state index is 12.4. The molecule has 0 fully saturated rings. The van der Waals surface area contributed by atoms with Gasteiger partial charge in [-0.1, -0.05) is 0 Å². The molecular formula is C23H32O12Sn. The van der Waals surface area contributed by atoms with E-state index in [1.54, 1.807) is 0 Å². The second kappa shape index (κ2) is 19.1. The second-order valence-corrected chi connectivity index (χ2v) is 14.1. The quantitative estimate of drug-likeness (QED) is 0.0816. The van der Waals surface area contributed by atoms with E-state index in [0.717, 1.165) is 83.5 Å². The molecule has 0 atom stereocenters. The topological polar surface area (TPSA) is 158 Å². The molecule has 0 aliphatic rings. The summed E-state index contributed by atoms with van der Waals surface area (Å²) in [4.78, 5) is 71.2. The van der Waals surface area contributed by atoms with E-state index in [4.69, 9.17) is 9.22 Å². The van der Waals surface area contributed by atoms with E-state index in [0.29, 0.717) is 12.8 Å². The van der Waals surface area contributed by atoms with Crippen molar-refractivity contribution in [2.75, 3.05) is 21.3 Å². The number of carbonyl (C=O) groups is 6. The van der Waals surface area contributed by atoms with Crippen molar-refractivity contribution in [1.82, 2.24) is 0 Å². The summed E-state index contributed by atoms with van der Waals surface area (Å²) < 4.78 is 29.2.